The van der Waals surface area contributed by atoms with Crippen LogP contribution in [0.1, 0.15) is 17.3 Å². The van der Waals surface area contributed by atoms with Crippen LogP contribution in [0.2, 0.25) is 0 Å². The van der Waals surface area contributed by atoms with Crippen molar-refractivity contribution in [2.45, 2.75) is 13.0 Å². The first-order valence-electron chi connectivity index (χ1n) is 6.84. The molecule has 0 spiro atoms. The van der Waals surface area contributed by atoms with Gasteiger partial charge in [-0.15, -0.1) is 12.4 Å². The van der Waals surface area contributed by atoms with Crippen LogP contribution in [0, 0.1) is 0 Å². The molecule has 1 aromatic rings. The van der Waals surface area contributed by atoms with Crippen LogP contribution >= 0.6 is 12.4 Å². The third-order valence-electron chi connectivity index (χ3n) is 3.25. The zero-order valence-corrected chi connectivity index (χ0v) is 13.2. The zero-order valence-electron chi connectivity index (χ0n) is 12.4. The molecule has 0 amide bonds. The number of carbonyl (C=O) groups excluding carboxylic acids is 1. The molecule has 0 radical (unpaired) electrons. The van der Waals surface area contributed by atoms with E-state index in [-0.39, 0.29) is 24.5 Å². The monoisotopic (exact) mass is 315 g/mol. The van der Waals surface area contributed by atoms with E-state index >= 15 is 0 Å². The lowest BCUT2D eigenvalue weighted by atomic mass is 10.2. The normalized spacial score (nSPS) is 16.7. The van der Waals surface area contributed by atoms with E-state index in [9.17, 15) is 4.79 Å². The number of halogens is 1. The van der Waals surface area contributed by atoms with Crippen molar-refractivity contribution in [2.75, 3.05) is 40.0 Å². The van der Waals surface area contributed by atoms with Crippen LogP contribution in [-0.2, 0) is 9.47 Å². The number of nitrogens with zero attached hydrogens (tertiary/aromatic N) is 1. The summed E-state index contributed by atoms with van der Waals surface area (Å²) in [4.78, 5) is 14.2. The molecule has 6 heteroatoms. The SMILES string of the molecule is COc1ccc(C(=O)OC(C)CN2CCOCC2)cc1.Cl. The van der Waals surface area contributed by atoms with Gasteiger partial charge in [0.15, 0.2) is 0 Å². The second-order valence-corrected chi connectivity index (χ2v) is 4.86. The predicted octanol–water partition coefficient (Wildman–Crippen LogP) is 1.99. The smallest absolute Gasteiger partial charge is 0.338 e. The number of rotatable bonds is 5. The number of methoxy groups -OCH3 is 1. The second kappa shape index (κ2) is 8.87. The molecule has 0 saturated carbocycles. The van der Waals surface area contributed by atoms with Crippen LogP contribution in [0.25, 0.3) is 0 Å². The lowest BCUT2D eigenvalue weighted by Crippen LogP contribution is -2.41. The predicted molar refractivity (Wildman–Crippen MR) is 82.4 cm³/mol. The largest absolute Gasteiger partial charge is 0.497 e. The fourth-order valence-corrected chi connectivity index (χ4v) is 2.16. The van der Waals surface area contributed by atoms with Crippen LogP contribution in [0.4, 0.5) is 0 Å². The molecule has 2 rings (SSSR count). The summed E-state index contributed by atoms with van der Waals surface area (Å²) in [5.74, 6) is 0.427. The van der Waals surface area contributed by atoms with Crippen LogP contribution in [0.5, 0.6) is 5.75 Å². The Balaban J connectivity index is 0.00000220. The standard InChI is InChI=1S/C15H21NO4.ClH/c1-12(11-16-7-9-19-10-8-16)20-15(17)13-3-5-14(18-2)6-4-13;/h3-6,12H,7-11H2,1-2H3;1H. The molecule has 1 saturated heterocycles. The van der Waals surface area contributed by atoms with Gasteiger partial charge in [0.1, 0.15) is 11.9 Å². The maximum absolute atomic E-state index is 12.0. The fourth-order valence-electron chi connectivity index (χ4n) is 2.16. The number of carbonyl (C=O) groups is 1. The minimum absolute atomic E-state index is 0. The molecule has 0 aromatic heterocycles. The van der Waals surface area contributed by atoms with Gasteiger partial charge < -0.3 is 14.2 Å². The van der Waals surface area contributed by atoms with Gasteiger partial charge in [0.05, 0.1) is 25.9 Å². The Morgan fingerprint density at radius 3 is 2.48 bits per heavy atom. The number of ether oxygens (including phenoxy) is 3. The second-order valence-electron chi connectivity index (χ2n) is 4.86. The molecule has 1 unspecified atom stereocenters. The van der Waals surface area contributed by atoms with E-state index < -0.39 is 0 Å². The zero-order chi connectivity index (χ0) is 14.4. The molecule has 1 atom stereocenters. The third-order valence-corrected chi connectivity index (χ3v) is 3.25. The van der Waals surface area contributed by atoms with Crippen molar-refractivity contribution >= 4 is 18.4 Å². The lowest BCUT2D eigenvalue weighted by Gasteiger charge is -2.28. The van der Waals surface area contributed by atoms with Crippen LogP contribution in [0.15, 0.2) is 24.3 Å². The van der Waals surface area contributed by atoms with E-state index in [0.717, 1.165) is 38.6 Å². The van der Waals surface area contributed by atoms with Crippen molar-refractivity contribution < 1.29 is 19.0 Å². The minimum Gasteiger partial charge on any atom is -0.497 e. The summed E-state index contributed by atoms with van der Waals surface area (Å²) in [6, 6.07) is 6.93. The fraction of sp³-hybridized carbons (Fsp3) is 0.533. The summed E-state index contributed by atoms with van der Waals surface area (Å²) in [6.45, 7) is 5.94. The molecule has 1 aromatic carbocycles. The van der Waals surface area contributed by atoms with Crippen molar-refractivity contribution in [3.05, 3.63) is 29.8 Å². The van der Waals surface area contributed by atoms with Gasteiger partial charge in [-0.3, -0.25) is 4.90 Å². The van der Waals surface area contributed by atoms with E-state index in [1.807, 2.05) is 6.92 Å². The molecule has 21 heavy (non-hydrogen) atoms. The molecular weight excluding hydrogens is 294 g/mol. The molecule has 0 N–H and O–H groups in total. The van der Waals surface area contributed by atoms with Gasteiger partial charge in [0.25, 0.3) is 0 Å². The van der Waals surface area contributed by atoms with Gasteiger partial charge >= 0.3 is 5.97 Å². The maximum atomic E-state index is 12.0. The Morgan fingerprint density at radius 2 is 1.90 bits per heavy atom. The minimum atomic E-state index is -0.298. The molecule has 118 valence electrons. The highest BCUT2D eigenvalue weighted by Crippen LogP contribution is 2.13. The van der Waals surface area contributed by atoms with Gasteiger partial charge in [-0.05, 0) is 31.2 Å². The van der Waals surface area contributed by atoms with Crippen molar-refractivity contribution in [3.63, 3.8) is 0 Å². The first-order valence-corrected chi connectivity index (χ1v) is 6.84. The number of esters is 1. The van der Waals surface area contributed by atoms with E-state index in [2.05, 4.69) is 4.90 Å². The quantitative estimate of drug-likeness (QED) is 0.778. The van der Waals surface area contributed by atoms with Crippen LogP contribution in [-0.4, -0.2) is 56.9 Å². The molecule has 1 aliphatic heterocycles. The summed E-state index contributed by atoms with van der Waals surface area (Å²) in [5, 5.41) is 0. The molecule has 1 heterocycles. The summed E-state index contributed by atoms with van der Waals surface area (Å²) in [5.41, 5.74) is 0.541. The summed E-state index contributed by atoms with van der Waals surface area (Å²) in [7, 11) is 1.59. The Hall–Kier alpha value is -1.30. The highest BCUT2D eigenvalue weighted by atomic mass is 35.5. The molecule has 1 fully saturated rings. The van der Waals surface area contributed by atoms with Crippen molar-refractivity contribution in [1.29, 1.82) is 0 Å². The Labute approximate surface area is 131 Å². The first kappa shape index (κ1) is 17.8. The topological polar surface area (TPSA) is 48.0 Å². The third kappa shape index (κ3) is 5.53. The van der Waals surface area contributed by atoms with Crippen molar-refractivity contribution in [3.8, 4) is 5.75 Å². The highest BCUT2D eigenvalue weighted by molar-refractivity contribution is 5.89. The molecular formula is C15H22ClNO4. The maximum Gasteiger partial charge on any atom is 0.338 e. The van der Waals surface area contributed by atoms with E-state index in [1.165, 1.54) is 0 Å². The van der Waals surface area contributed by atoms with Gasteiger partial charge in [-0.2, -0.15) is 0 Å². The van der Waals surface area contributed by atoms with Gasteiger partial charge in [0, 0.05) is 19.6 Å². The molecule has 1 aliphatic rings. The number of hydrogen-bond acceptors (Lipinski definition) is 5. The lowest BCUT2D eigenvalue weighted by molar-refractivity contribution is 0.000447. The average molecular weight is 316 g/mol. The number of benzene rings is 1. The van der Waals surface area contributed by atoms with Crippen LogP contribution < -0.4 is 4.74 Å². The summed E-state index contributed by atoms with van der Waals surface area (Å²) >= 11 is 0. The van der Waals surface area contributed by atoms with Gasteiger partial charge in [-0.25, -0.2) is 4.79 Å². The molecule has 0 aliphatic carbocycles. The Morgan fingerprint density at radius 1 is 1.29 bits per heavy atom. The van der Waals surface area contributed by atoms with Crippen LogP contribution in [0.3, 0.4) is 0 Å². The van der Waals surface area contributed by atoms with E-state index in [1.54, 1.807) is 31.4 Å². The van der Waals surface area contributed by atoms with Gasteiger partial charge in [0.2, 0.25) is 0 Å². The number of morpholine rings is 1. The Kier molecular flexibility index (Phi) is 7.50. The van der Waals surface area contributed by atoms with E-state index in [4.69, 9.17) is 14.2 Å². The van der Waals surface area contributed by atoms with E-state index in [0.29, 0.717) is 5.56 Å². The summed E-state index contributed by atoms with van der Waals surface area (Å²) in [6.07, 6.45) is -0.136. The first-order chi connectivity index (χ1) is 9.69. The van der Waals surface area contributed by atoms with Gasteiger partial charge in [-0.1, -0.05) is 0 Å². The molecule has 0 bridgehead atoms. The summed E-state index contributed by atoms with van der Waals surface area (Å²) < 4.78 is 15.8. The van der Waals surface area contributed by atoms with Crippen molar-refractivity contribution in [1.82, 2.24) is 4.90 Å². The Bertz CT molecular complexity index is 432. The average Bonchev–Trinajstić information content (AvgIpc) is 2.48. The molecule has 5 nitrogen and oxygen atoms in total. The highest BCUT2D eigenvalue weighted by Gasteiger charge is 2.17. The van der Waals surface area contributed by atoms with Crippen molar-refractivity contribution in [2.24, 2.45) is 0 Å². The number of hydrogen-bond donors (Lipinski definition) is 0.